The predicted octanol–water partition coefficient (Wildman–Crippen LogP) is 3.93. The molecule has 0 unspecified atom stereocenters. The number of anilines is 1. The Balaban J connectivity index is 2.23. The number of amides is 1. The molecule has 0 aliphatic heterocycles. The quantitative estimate of drug-likeness (QED) is 0.822. The Morgan fingerprint density at radius 2 is 1.91 bits per heavy atom. The van der Waals surface area contributed by atoms with Crippen LogP contribution in [-0.4, -0.2) is 18.8 Å². The van der Waals surface area contributed by atoms with E-state index in [0.717, 1.165) is 0 Å². The Bertz CT molecular complexity index is 696. The van der Waals surface area contributed by atoms with Crippen molar-refractivity contribution >= 4 is 17.9 Å². The van der Waals surface area contributed by atoms with Crippen LogP contribution in [0.5, 0.6) is 5.75 Å². The van der Waals surface area contributed by atoms with Gasteiger partial charge in [-0.2, -0.15) is 0 Å². The van der Waals surface area contributed by atoms with Crippen molar-refractivity contribution in [1.29, 1.82) is 0 Å². The molecule has 4 nitrogen and oxygen atoms in total. The molecule has 5 heteroatoms. The third-order valence-corrected chi connectivity index (χ3v) is 3.07. The number of carbonyl (C=O) groups excluding carboxylic acids is 2. The predicted molar refractivity (Wildman–Crippen MR) is 86.5 cm³/mol. The fourth-order valence-corrected chi connectivity index (χ4v) is 1.90. The summed E-state index contributed by atoms with van der Waals surface area (Å²) in [5.74, 6) is -0.00550. The van der Waals surface area contributed by atoms with Crippen LogP contribution in [0, 0.1) is 11.7 Å². The van der Waals surface area contributed by atoms with Crippen molar-refractivity contribution in [2.45, 2.75) is 13.8 Å². The van der Waals surface area contributed by atoms with Crippen LogP contribution in [0.4, 0.5) is 10.1 Å². The van der Waals surface area contributed by atoms with Gasteiger partial charge in [0.1, 0.15) is 17.9 Å². The Hall–Kier alpha value is -2.69. The summed E-state index contributed by atoms with van der Waals surface area (Å²) in [4.78, 5) is 23.2. The van der Waals surface area contributed by atoms with Crippen LogP contribution in [0.15, 0.2) is 42.5 Å². The number of ether oxygens (including phenoxy) is 1. The van der Waals surface area contributed by atoms with Crippen LogP contribution in [-0.2, 0) is 0 Å². The summed E-state index contributed by atoms with van der Waals surface area (Å²) >= 11 is 0. The van der Waals surface area contributed by atoms with Gasteiger partial charge < -0.3 is 10.1 Å². The molecule has 0 aromatic heterocycles. The minimum absolute atomic E-state index is 0.317. The van der Waals surface area contributed by atoms with E-state index in [0.29, 0.717) is 41.4 Å². The van der Waals surface area contributed by atoms with E-state index in [-0.39, 0.29) is 0 Å². The van der Waals surface area contributed by atoms with Crippen molar-refractivity contribution in [2.75, 3.05) is 11.9 Å². The maximum atomic E-state index is 12.9. The Labute approximate surface area is 134 Å². The van der Waals surface area contributed by atoms with Crippen LogP contribution in [0.1, 0.15) is 34.6 Å². The molecule has 2 aromatic carbocycles. The highest BCUT2D eigenvalue weighted by Crippen LogP contribution is 2.26. The van der Waals surface area contributed by atoms with Crippen LogP contribution >= 0.6 is 0 Å². The molecule has 1 N–H and O–H groups in total. The zero-order chi connectivity index (χ0) is 16.8. The molecule has 0 saturated carbocycles. The van der Waals surface area contributed by atoms with Gasteiger partial charge in [-0.25, -0.2) is 4.39 Å². The molecule has 0 saturated heterocycles. The van der Waals surface area contributed by atoms with Gasteiger partial charge in [0.2, 0.25) is 0 Å². The highest BCUT2D eigenvalue weighted by Gasteiger charge is 2.12. The normalized spacial score (nSPS) is 10.4. The van der Waals surface area contributed by atoms with Gasteiger partial charge in [0.05, 0.1) is 12.3 Å². The summed E-state index contributed by atoms with van der Waals surface area (Å²) in [6.07, 6.45) is 0.694. The second kappa shape index (κ2) is 7.54. The van der Waals surface area contributed by atoms with E-state index in [9.17, 15) is 14.0 Å². The molecule has 0 radical (unpaired) electrons. The first-order valence-electron chi connectivity index (χ1n) is 7.28. The van der Waals surface area contributed by atoms with E-state index in [1.807, 2.05) is 13.8 Å². The van der Waals surface area contributed by atoms with Crippen LogP contribution in [0.3, 0.4) is 0 Å². The summed E-state index contributed by atoms with van der Waals surface area (Å²) in [5.41, 5.74) is 1.15. The van der Waals surface area contributed by atoms with E-state index < -0.39 is 11.7 Å². The lowest BCUT2D eigenvalue weighted by Crippen LogP contribution is -2.14. The van der Waals surface area contributed by atoms with Gasteiger partial charge in [-0.1, -0.05) is 13.8 Å². The largest absolute Gasteiger partial charge is 0.491 e. The van der Waals surface area contributed by atoms with Gasteiger partial charge in [-0.15, -0.1) is 0 Å². The molecule has 0 atom stereocenters. The monoisotopic (exact) mass is 315 g/mol. The lowest BCUT2D eigenvalue weighted by molar-refractivity contribution is 0.102. The molecule has 2 aromatic rings. The number of halogens is 1. The number of carbonyl (C=O) groups is 2. The smallest absolute Gasteiger partial charge is 0.255 e. The van der Waals surface area contributed by atoms with Gasteiger partial charge in [-0.3, -0.25) is 9.59 Å². The molecule has 1 amide bonds. The van der Waals surface area contributed by atoms with Crippen molar-refractivity contribution in [3.05, 3.63) is 59.4 Å². The highest BCUT2D eigenvalue weighted by atomic mass is 19.1. The topological polar surface area (TPSA) is 55.4 Å². The number of benzene rings is 2. The fraction of sp³-hybridized carbons (Fsp3) is 0.222. The van der Waals surface area contributed by atoms with Crippen molar-refractivity contribution < 1.29 is 18.7 Å². The van der Waals surface area contributed by atoms with Gasteiger partial charge in [-0.05, 0) is 48.4 Å². The zero-order valence-electron chi connectivity index (χ0n) is 13.0. The maximum Gasteiger partial charge on any atom is 0.255 e. The molecule has 0 heterocycles. The van der Waals surface area contributed by atoms with E-state index in [1.54, 1.807) is 18.2 Å². The maximum absolute atomic E-state index is 12.9. The van der Waals surface area contributed by atoms with Crippen molar-refractivity contribution in [1.82, 2.24) is 0 Å². The number of hydrogen-bond acceptors (Lipinski definition) is 3. The molecule has 0 aliphatic rings. The first kappa shape index (κ1) is 16.7. The molecule has 0 fully saturated rings. The lowest BCUT2D eigenvalue weighted by Gasteiger charge is -2.14. The minimum Gasteiger partial charge on any atom is -0.491 e. The second-order valence-corrected chi connectivity index (χ2v) is 5.54. The molecular weight excluding hydrogens is 297 g/mol. The fourth-order valence-electron chi connectivity index (χ4n) is 1.90. The number of aldehydes is 1. The average molecular weight is 315 g/mol. The highest BCUT2D eigenvalue weighted by molar-refractivity contribution is 6.05. The van der Waals surface area contributed by atoms with Gasteiger partial charge in [0.25, 0.3) is 5.91 Å². The summed E-state index contributed by atoms with van der Waals surface area (Å²) in [6, 6.07) is 10.0. The average Bonchev–Trinajstić information content (AvgIpc) is 2.54. The molecule has 0 bridgehead atoms. The zero-order valence-corrected chi connectivity index (χ0v) is 13.0. The Kier molecular flexibility index (Phi) is 5.46. The lowest BCUT2D eigenvalue weighted by atomic mass is 10.1. The SMILES string of the molecule is CC(C)COc1ccc(C=O)cc1NC(=O)c1ccc(F)cc1. The second-order valence-electron chi connectivity index (χ2n) is 5.54. The molecule has 120 valence electrons. The number of rotatable bonds is 6. The molecular formula is C18H18FNO3. The van der Waals surface area contributed by atoms with E-state index in [2.05, 4.69) is 5.32 Å². The molecule has 0 spiro atoms. The number of hydrogen-bond donors (Lipinski definition) is 1. The van der Waals surface area contributed by atoms with E-state index >= 15 is 0 Å². The molecule has 23 heavy (non-hydrogen) atoms. The minimum atomic E-state index is -0.412. The molecule has 0 aliphatic carbocycles. The first-order valence-corrected chi connectivity index (χ1v) is 7.28. The van der Waals surface area contributed by atoms with Crippen molar-refractivity contribution in [3.8, 4) is 5.75 Å². The summed E-state index contributed by atoms with van der Waals surface area (Å²) in [5, 5.41) is 2.70. The van der Waals surface area contributed by atoms with E-state index in [1.165, 1.54) is 24.3 Å². The van der Waals surface area contributed by atoms with Gasteiger partial charge >= 0.3 is 0 Å². The van der Waals surface area contributed by atoms with E-state index in [4.69, 9.17) is 4.74 Å². The van der Waals surface area contributed by atoms with Gasteiger partial charge in [0, 0.05) is 11.1 Å². The number of nitrogens with one attached hydrogen (secondary N) is 1. The third-order valence-electron chi connectivity index (χ3n) is 3.07. The van der Waals surface area contributed by atoms with Crippen LogP contribution < -0.4 is 10.1 Å². The standard InChI is InChI=1S/C18H18FNO3/c1-12(2)11-23-17-8-3-13(10-21)9-16(17)20-18(22)14-4-6-15(19)7-5-14/h3-10,12H,11H2,1-2H3,(H,20,22). The van der Waals surface area contributed by atoms with Gasteiger partial charge in [0.15, 0.2) is 0 Å². The Morgan fingerprint density at radius 1 is 1.22 bits per heavy atom. The Morgan fingerprint density at radius 3 is 2.52 bits per heavy atom. The summed E-state index contributed by atoms with van der Waals surface area (Å²) in [7, 11) is 0. The van der Waals surface area contributed by atoms with Crippen LogP contribution in [0.2, 0.25) is 0 Å². The van der Waals surface area contributed by atoms with Crippen molar-refractivity contribution in [3.63, 3.8) is 0 Å². The van der Waals surface area contributed by atoms with Crippen LogP contribution in [0.25, 0.3) is 0 Å². The first-order chi connectivity index (χ1) is 11.0. The summed E-state index contributed by atoms with van der Waals surface area (Å²) in [6.45, 7) is 4.51. The molecule has 2 rings (SSSR count). The third kappa shape index (κ3) is 4.64. The summed E-state index contributed by atoms with van der Waals surface area (Å²) < 4.78 is 18.6. The van der Waals surface area contributed by atoms with Crippen molar-refractivity contribution in [2.24, 2.45) is 5.92 Å².